The molecular formula is C15H26ClNO. The molecule has 2 N–H and O–H groups in total. The highest BCUT2D eigenvalue weighted by Gasteiger charge is 2.12. The van der Waals surface area contributed by atoms with Crippen molar-refractivity contribution in [3.63, 3.8) is 0 Å². The minimum absolute atomic E-state index is 0. The highest BCUT2D eigenvalue weighted by atomic mass is 35.5. The van der Waals surface area contributed by atoms with Crippen LogP contribution in [0.25, 0.3) is 0 Å². The van der Waals surface area contributed by atoms with Crippen LogP contribution in [0.4, 0.5) is 0 Å². The second-order valence-electron chi connectivity index (χ2n) is 4.96. The standard InChI is InChI=1S/C15H25NO.ClH/c1-6-7-17-15-10(2)8-14(9-11(3)16)12(4)13(15)5;/h8,11H,6-7,9,16H2,1-5H3;1H. The predicted octanol–water partition coefficient (Wildman–Crippen LogP) is 3.71. The minimum Gasteiger partial charge on any atom is -0.493 e. The van der Waals surface area contributed by atoms with Crippen molar-refractivity contribution in [2.75, 3.05) is 6.61 Å². The summed E-state index contributed by atoms with van der Waals surface area (Å²) >= 11 is 0. The summed E-state index contributed by atoms with van der Waals surface area (Å²) in [5, 5.41) is 0. The Bertz CT molecular complexity index is 389. The molecule has 104 valence electrons. The summed E-state index contributed by atoms with van der Waals surface area (Å²) in [6.45, 7) is 11.4. The maximum atomic E-state index is 5.88. The summed E-state index contributed by atoms with van der Waals surface area (Å²) in [4.78, 5) is 0. The molecule has 0 heterocycles. The molecule has 0 bridgehead atoms. The van der Waals surface area contributed by atoms with E-state index in [1.54, 1.807) is 0 Å². The number of aryl methyl sites for hydroxylation is 1. The van der Waals surface area contributed by atoms with Gasteiger partial charge in [-0.15, -0.1) is 12.4 Å². The van der Waals surface area contributed by atoms with E-state index in [1.165, 1.54) is 22.3 Å². The molecule has 0 amide bonds. The van der Waals surface area contributed by atoms with Crippen molar-refractivity contribution in [1.29, 1.82) is 0 Å². The van der Waals surface area contributed by atoms with Gasteiger partial charge in [-0.05, 0) is 62.8 Å². The fourth-order valence-electron chi connectivity index (χ4n) is 2.13. The van der Waals surface area contributed by atoms with E-state index in [4.69, 9.17) is 10.5 Å². The first-order valence-electron chi connectivity index (χ1n) is 6.45. The SMILES string of the molecule is CCCOc1c(C)cc(CC(C)N)c(C)c1C.Cl. The molecule has 0 spiro atoms. The normalized spacial score (nSPS) is 11.9. The average molecular weight is 272 g/mol. The van der Waals surface area contributed by atoms with Crippen molar-refractivity contribution in [3.05, 3.63) is 28.3 Å². The Morgan fingerprint density at radius 2 is 1.83 bits per heavy atom. The number of hydrogen-bond donors (Lipinski definition) is 1. The Morgan fingerprint density at radius 3 is 2.33 bits per heavy atom. The lowest BCUT2D eigenvalue weighted by Crippen LogP contribution is -2.19. The molecule has 0 aliphatic heterocycles. The Labute approximate surface area is 117 Å². The van der Waals surface area contributed by atoms with Crippen molar-refractivity contribution in [1.82, 2.24) is 0 Å². The highest BCUT2D eigenvalue weighted by molar-refractivity contribution is 5.85. The van der Waals surface area contributed by atoms with Crippen LogP contribution < -0.4 is 10.5 Å². The first-order chi connectivity index (χ1) is 7.97. The molecule has 3 heteroatoms. The molecule has 1 atom stereocenters. The van der Waals surface area contributed by atoms with E-state index in [-0.39, 0.29) is 18.4 Å². The van der Waals surface area contributed by atoms with Gasteiger partial charge in [0.05, 0.1) is 6.61 Å². The number of rotatable bonds is 5. The summed E-state index contributed by atoms with van der Waals surface area (Å²) < 4.78 is 5.83. The molecule has 0 aliphatic rings. The van der Waals surface area contributed by atoms with E-state index in [9.17, 15) is 0 Å². The fourth-order valence-corrected chi connectivity index (χ4v) is 2.13. The largest absolute Gasteiger partial charge is 0.493 e. The molecule has 2 nitrogen and oxygen atoms in total. The molecule has 1 rings (SSSR count). The molecule has 1 unspecified atom stereocenters. The van der Waals surface area contributed by atoms with Crippen LogP contribution in [0.1, 0.15) is 42.5 Å². The van der Waals surface area contributed by atoms with E-state index in [2.05, 4.69) is 33.8 Å². The van der Waals surface area contributed by atoms with Gasteiger partial charge in [-0.25, -0.2) is 0 Å². The van der Waals surface area contributed by atoms with Gasteiger partial charge in [-0.3, -0.25) is 0 Å². The van der Waals surface area contributed by atoms with Crippen LogP contribution in [-0.4, -0.2) is 12.6 Å². The number of ether oxygens (including phenoxy) is 1. The van der Waals surface area contributed by atoms with Crippen LogP contribution in [0, 0.1) is 20.8 Å². The smallest absolute Gasteiger partial charge is 0.125 e. The Hall–Kier alpha value is -0.730. The number of hydrogen-bond acceptors (Lipinski definition) is 2. The van der Waals surface area contributed by atoms with Gasteiger partial charge < -0.3 is 10.5 Å². The summed E-state index contributed by atoms with van der Waals surface area (Å²) in [6, 6.07) is 2.42. The molecule has 0 saturated carbocycles. The molecule has 0 saturated heterocycles. The predicted molar refractivity (Wildman–Crippen MR) is 81.0 cm³/mol. The Balaban J connectivity index is 0.00000289. The first-order valence-corrected chi connectivity index (χ1v) is 6.45. The topological polar surface area (TPSA) is 35.2 Å². The van der Waals surface area contributed by atoms with Crippen molar-refractivity contribution in [3.8, 4) is 5.75 Å². The van der Waals surface area contributed by atoms with Crippen LogP contribution in [0.3, 0.4) is 0 Å². The van der Waals surface area contributed by atoms with Gasteiger partial charge in [0.15, 0.2) is 0 Å². The van der Waals surface area contributed by atoms with Gasteiger partial charge in [-0.2, -0.15) is 0 Å². The molecule has 1 aromatic carbocycles. The quantitative estimate of drug-likeness (QED) is 0.886. The van der Waals surface area contributed by atoms with E-state index in [0.29, 0.717) is 0 Å². The lowest BCUT2D eigenvalue weighted by Gasteiger charge is -2.18. The summed E-state index contributed by atoms with van der Waals surface area (Å²) in [5.74, 6) is 1.05. The van der Waals surface area contributed by atoms with E-state index in [1.807, 2.05) is 6.92 Å². The van der Waals surface area contributed by atoms with Gasteiger partial charge in [0.25, 0.3) is 0 Å². The van der Waals surface area contributed by atoms with Crippen molar-refractivity contribution in [2.24, 2.45) is 5.73 Å². The number of benzene rings is 1. The summed E-state index contributed by atoms with van der Waals surface area (Å²) in [6.07, 6.45) is 1.97. The monoisotopic (exact) mass is 271 g/mol. The third kappa shape index (κ3) is 4.18. The zero-order valence-corrected chi connectivity index (χ0v) is 13.0. The van der Waals surface area contributed by atoms with Crippen LogP contribution in [-0.2, 0) is 6.42 Å². The summed E-state index contributed by atoms with van der Waals surface area (Å²) in [5.41, 5.74) is 11.0. The first kappa shape index (κ1) is 17.3. The molecular weight excluding hydrogens is 246 g/mol. The highest BCUT2D eigenvalue weighted by Crippen LogP contribution is 2.29. The van der Waals surface area contributed by atoms with E-state index >= 15 is 0 Å². The third-order valence-electron chi connectivity index (χ3n) is 3.13. The molecule has 1 aromatic rings. The second kappa shape index (κ2) is 7.65. The molecule has 0 aromatic heterocycles. The zero-order chi connectivity index (χ0) is 13.0. The van der Waals surface area contributed by atoms with Gasteiger partial charge in [0, 0.05) is 6.04 Å². The van der Waals surface area contributed by atoms with Gasteiger partial charge in [-0.1, -0.05) is 13.0 Å². The zero-order valence-electron chi connectivity index (χ0n) is 12.2. The van der Waals surface area contributed by atoms with Gasteiger partial charge in [0.2, 0.25) is 0 Å². The Kier molecular flexibility index (Phi) is 7.34. The molecule has 18 heavy (non-hydrogen) atoms. The molecule has 0 radical (unpaired) electrons. The lowest BCUT2D eigenvalue weighted by atomic mass is 9.95. The molecule has 0 fully saturated rings. The van der Waals surface area contributed by atoms with Crippen molar-refractivity contribution in [2.45, 2.75) is 53.5 Å². The van der Waals surface area contributed by atoms with Gasteiger partial charge >= 0.3 is 0 Å². The average Bonchev–Trinajstić information content (AvgIpc) is 2.25. The van der Waals surface area contributed by atoms with E-state index < -0.39 is 0 Å². The maximum Gasteiger partial charge on any atom is 0.125 e. The fraction of sp³-hybridized carbons (Fsp3) is 0.600. The minimum atomic E-state index is 0. The van der Waals surface area contributed by atoms with Crippen LogP contribution in [0.15, 0.2) is 6.07 Å². The summed E-state index contributed by atoms with van der Waals surface area (Å²) in [7, 11) is 0. The lowest BCUT2D eigenvalue weighted by molar-refractivity contribution is 0.313. The second-order valence-corrected chi connectivity index (χ2v) is 4.96. The molecule has 0 aliphatic carbocycles. The van der Waals surface area contributed by atoms with Crippen molar-refractivity contribution >= 4 is 12.4 Å². The van der Waals surface area contributed by atoms with E-state index in [0.717, 1.165) is 25.2 Å². The van der Waals surface area contributed by atoms with Crippen LogP contribution >= 0.6 is 12.4 Å². The van der Waals surface area contributed by atoms with Gasteiger partial charge in [0.1, 0.15) is 5.75 Å². The van der Waals surface area contributed by atoms with Crippen molar-refractivity contribution < 1.29 is 4.74 Å². The number of nitrogens with two attached hydrogens (primary N) is 1. The van der Waals surface area contributed by atoms with Crippen LogP contribution in [0.2, 0.25) is 0 Å². The Morgan fingerprint density at radius 1 is 1.22 bits per heavy atom. The van der Waals surface area contributed by atoms with Crippen LogP contribution in [0.5, 0.6) is 5.75 Å². The third-order valence-corrected chi connectivity index (χ3v) is 3.13. The number of halogens is 1. The maximum absolute atomic E-state index is 5.88.